The smallest absolute Gasteiger partial charge is 0.246 e. The first-order valence-electron chi connectivity index (χ1n) is 13.5. The predicted molar refractivity (Wildman–Crippen MR) is 141 cm³/mol. The first-order chi connectivity index (χ1) is 18.3. The normalized spacial score (nSPS) is 26.0. The third-order valence-corrected chi connectivity index (χ3v) is 7.75. The van der Waals surface area contributed by atoms with Crippen molar-refractivity contribution in [2.45, 2.75) is 95.0 Å². The van der Waals surface area contributed by atoms with Gasteiger partial charge in [-0.15, -0.1) is 0 Å². The molecule has 1 aromatic rings. The summed E-state index contributed by atoms with van der Waals surface area (Å²) in [6.07, 6.45) is 5.36. The Bertz CT molecular complexity index is 1080. The summed E-state index contributed by atoms with van der Waals surface area (Å²) in [5.41, 5.74) is 1.38. The molecule has 0 saturated carbocycles. The summed E-state index contributed by atoms with van der Waals surface area (Å²) < 4.78 is 0. The molecule has 5 atom stereocenters. The summed E-state index contributed by atoms with van der Waals surface area (Å²) in [5.74, 6) is -1.04. The number of hydrogen-bond donors (Lipinski definition) is 5. The molecule has 0 spiro atoms. The van der Waals surface area contributed by atoms with Gasteiger partial charge in [-0.3, -0.25) is 24.0 Å². The van der Waals surface area contributed by atoms with Crippen LogP contribution in [0, 0.1) is 0 Å². The van der Waals surface area contributed by atoms with E-state index in [1.807, 2.05) is 6.07 Å². The largest absolute Gasteiger partial charge is 0.350 e. The zero-order valence-electron chi connectivity index (χ0n) is 22.0. The van der Waals surface area contributed by atoms with E-state index < -0.39 is 24.2 Å². The van der Waals surface area contributed by atoms with Gasteiger partial charge in [-0.1, -0.05) is 25.0 Å². The Kier molecular flexibility index (Phi) is 8.98. The number of nitrogens with one attached hydrogen (secondary N) is 5. The second kappa shape index (κ2) is 12.4. The number of benzene rings is 1. The quantitative estimate of drug-likeness (QED) is 0.334. The second-order valence-corrected chi connectivity index (χ2v) is 10.4. The first kappa shape index (κ1) is 27.6. The SMILES string of the molecule is CN[C@@H](C)C(=O)NC1CCCC[C@H]2CCC(C(=O)NCc3cccc(NC(=O)[C@H]4CCC(=O)N4)c3)N2C1=O. The number of anilines is 1. The van der Waals surface area contributed by atoms with E-state index in [-0.39, 0.29) is 42.1 Å². The minimum Gasteiger partial charge on any atom is -0.350 e. The van der Waals surface area contributed by atoms with Crippen molar-refractivity contribution in [2.24, 2.45) is 0 Å². The highest BCUT2D eigenvalue weighted by Gasteiger charge is 2.43. The average molecular weight is 527 g/mol. The molecular weight excluding hydrogens is 488 g/mol. The van der Waals surface area contributed by atoms with E-state index >= 15 is 0 Å². The van der Waals surface area contributed by atoms with Crippen molar-refractivity contribution in [3.05, 3.63) is 29.8 Å². The topological polar surface area (TPSA) is 149 Å². The molecule has 3 aliphatic rings. The third-order valence-electron chi connectivity index (χ3n) is 7.75. The van der Waals surface area contributed by atoms with Gasteiger partial charge in [0.05, 0.1) is 6.04 Å². The van der Waals surface area contributed by atoms with Crippen LogP contribution in [0.3, 0.4) is 0 Å². The van der Waals surface area contributed by atoms with Crippen LogP contribution < -0.4 is 26.6 Å². The molecule has 5 N–H and O–H groups in total. The number of amides is 5. The predicted octanol–water partition coefficient (Wildman–Crippen LogP) is 0.546. The van der Waals surface area contributed by atoms with Crippen LogP contribution >= 0.6 is 0 Å². The van der Waals surface area contributed by atoms with Crippen molar-refractivity contribution < 1.29 is 24.0 Å². The summed E-state index contributed by atoms with van der Waals surface area (Å²) >= 11 is 0. The summed E-state index contributed by atoms with van der Waals surface area (Å²) in [6.45, 7) is 1.98. The maximum absolute atomic E-state index is 13.5. The number of fused-ring (bicyclic) bond motifs is 1. The molecule has 38 heavy (non-hydrogen) atoms. The van der Waals surface area contributed by atoms with Crippen LogP contribution in [0.1, 0.15) is 63.9 Å². The van der Waals surface area contributed by atoms with E-state index in [1.165, 1.54) is 0 Å². The molecule has 11 nitrogen and oxygen atoms in total. The highest BCUT2D eigenvalue weighted by atomic mass is 16.2. The Hall–Kier alpha value is -3.47. The van der Waals surface area contributed by atoms with E-state index in [2.05, 4.69) is 26.6 Å². The van der Waals surface area contributed by atoms with Gasteiger partial charge in [0.15, 0.2) is 0 Å². The number of nitrogens with zero attached hydrogens (tertiary/aromatic N) is 1. The van der Waals surface area contributed by atoms with Gasteiger partial charge in [-0.05, 0) is 63.8 Å². The van der Waals surface area contributed by atoms with Crippen LogP contribution in [0.4, 0.5) is 5.69 Å². The summed E-state index contributed by atoms with van der Waals surface area (Å²) in [7, 11) is 1.69. The van der Waals surface area contributed by atoms with E-state index in [9.17, 15) is 24.0 Å². The Labute approximate surface area is 222 Å². The van der Waals surface area contributed by atoms with Crippen LogP contribution in [0.25, 0.3) is 0 Å². The lowest BCUT2D eigenvalue weighted by atomic mass is 9.98. The van der Waals surface area contributed by atoms with Crippen molar-refractivity contribution in [3.63, 3.8) is 0 Å². The van der Waals surface area contributed by atoms with Crippen molar-refractivity contribution >= 4 is 35.2 Å². The van der Waals surface area contributed by atoms with Crippen LogP contribution in [-0.2, 0) is 30.5 Å². The van der Waals surface area contributed by atoms with Gasteiger partial charge in [-0.25, -0.2) is 0 Å². The first-order valence-corrected chi connectivity index (χ1v) is 13.5. The van der Waals surface area contributed by atoms with Gasteiger partial charge in [-0.2, -0.15) is 0 Å². The zero-order chi connectivity index (χ0) is 27.2. The molecule has 0 bridgehead atoms. The van der Waals surface area contributed by atoms with Gasteiger partial charge in [0, 0.05) is 24.7 Å². The van der Waals surface area contributed by atoms with E-state index in [4.69, 9.17) is 0 Å². The lowest BCUT2D eigenvalue weighted by molar-refractivity contribution is -0.144. The molecule has 1 aromatic carbocycles. The second-order valence-electron chi connectivity index (χ2n) is 10.4. The summed E-state index contributed by atoms with van der Waals surface area (Å²) in [6, 6.07) is 4.99. The highest BCUT2D eigenvalue weighted by Crippen LogP contribution is 2.31. The molecule has 2 unspecified atom stereocenters. The molecule has 4 rings (SSSR count). The Morgan fingerprint density at radius 2 is 1.84 bits per heavy atom. The molecule has 3 heterocycles. The fourth-order valence-corrected chi connectivity index (χ4v) is 5.46. The Morgan fingerprint density at radius 1 is 1.05 bits per heavy atom. The van der Waals surface area contributed by atoms with Crippen molar-refractivity contribution in [1.29, 1.82) is 0 Å². The molecule has 0 aliphatic carbocycles. The van der Waals surface area contributed by atoms with Gasteiger partial charge in [0.1, 0.15) is 18.1 Å². The molecule has 0 aromatic heterocycles. The molecule has 3 fully saturated rings. The minimum absolute atomic E-state index is 0.00528. The van der Waals surface area contributed by atoms with Crippen LogP contribution in [-0.4, -0.2) is 71.7 Å². The fourth-order valence-electron chi connectivity index (χ4n) is 5.46. The Morgan fingerprint density at radius 3 is 2.58 bits per heavy atom. The van der Waals surface area contributed by atoms with Crippen molar-refractivity contribution in [2.75, 3.05) is 12.4 Å². The molecule has 3 saturated heterocycles. The number of carbonyl (C=O) groups excluding carboxylic acids is 5. The number of carbonyl (C=O) groups is 5. The Balaban J connectivity index is 1.37. The minimum atomic E-state index is -0.639. The molecule has 3 aliphatic heterocycles. The molecule has 5 amide bonds. The van der Waals surface area contributed by atoms with Gasteiger partial charge < -0.3 is 31.5 Å². The summed E-state index contributed by atoms with van der Waals surface area (Å²) in [5, 5.41) is 14.2. The maximum Gasteiger partial charge on any atom is 0.246 e. The number of rotatable bonds is 8. The van der Waals surface area contributed by atoms with Gasteiger partial charge in [0.2, 0.25) is 29.5 Å². The van der Waals surface area contributed by atoms with Crippen LogP contribution in [0.2, 0.25) is 0 Å². The van der Waals surface area contributed by atoms with Crippen LogP contribution in [0.15, 0.2) is 24.3 Å². The monoisotopic (exact) mass is 526 g/mol. The van der Waals surface area contributed by atoms with Crippen molar-refractivity contribution in [3.8, 4) is 0 Å². The lowest BCUT2D eigenvalue weighted by Crippen LogP contribution is -2.57. The van der Waals surface area contributed by atoms with Gasteiger partial charge in [0.25, 0.3) is 0 Å². The van der Waals surface area contributed by atoms with Crippen LogP contribution in [0.5, 0.6) is 0 Å². The summed E-state index contributed by atoms with van der Waals surface area (Å²) in [4.78, 5) is 64.8. The number of likely N-dealkylation sites (N-methyl/N-ethyl adjacent to an activating group) is 1. The molecule has 11 heteroatoms. The highest BCUT2D eigenvalue weighted by molar-refractivity contribution is 5.99. The standard InChI is InChI=1S/C27H38N6O5/c1-16(28-2)24(35)32-21-9-4-3-8-19-10-12-22(33(19)27(21)38)26(37)29-15-17-6-5-7-18(14-17)30-25(36)20-11-13-23(34)31-20/h5-7,14,16,19-22,28H,3-4,8-13,15H2,1-2H3,(H,29,37)(H,30,36)(H,31,34)(H,32,35)/t16-,19-,20+,21?,22?/m0/s1. The molecule has 206 valence electrons. The zero-order valence-corrected chi connectivity index (χ0v) is 22.0. The third kappa shape index (κ3) is 6.50. The van der Waals surface area contributed by atoms with E-state index in [1.54, 1.807) is 37.1 Å². The number of hydrogen-bond acceptors (Lipinski definition) is 6. The van der Waals surface area contributed by atoms with Gasteiger partial charge >= 0.3 is 0 Å². The molecule has 0 radical (unpaired) electrons. The fraction of sp³-hybridized carbons (Fsp3) is 0.593. The lowest BCUT2D eigenvalue weighted by Gasteiger charge is -2.35. The van der Waals surface area contributed by atoms with E-state index in [0.29, 0.717) is 31.4 Å². The van der Waals surface area contributed by atoms with Crippen molar-refractivity contribution in [1.82, 2.24) is 26.2 Å². The molecular formula is C27H38N6O5. The van der Waals surface area contributed by atoms with E-state index in [0.717, 1.165) is 31.2 Å². The average Bonchev–Trinajstić information content (AvgIpc) is 3.53. The maximum atomic E-state index is 13.5.